The molecule has 3 rings (SSSR count). The molecule has 1 aliphatic heterocycles. The summed E-state index contributed by atoms with van der Waals surface area (Å²) in [7, 11) is 1.66. The van der Waals surface area contributed by atoms with Crippen molar-refractivity contribution in [2.45, 2.75) is 32.5 Å². The highest BCUT2D eigenvalue weighted by Crippen LogP contribution is 2.34. The summed E-state index contributed by atoms with van der Waals surface area (Å²) >= 11 is 6.14. The first-order valence-corrected chi connectivity index (χ1v) is 8.81. The zero-order valence-electron chi connectivity index (χ0n) is 14.7. The molecule has 2 N–H and O–H groups in total. The number of ether oxygens (including phenoxy) is 1. The maximum absolute atomic E-state index is 10.3. The van der Waals surface area contributed by atoms with Crippen LogP contribution in [0.15, 0.2) is 47.5 Å². The minimum absolute atomic E-state index is 0.0293. The first kappa shape index (κ1) is 17.8. The van der Waals surface area contributed by atoms with E-state index in [9.17, 15) is 5.11 Å². The van der Waals surface area contributed by atoms with Gasteiger partial charge < -0.3 is 9.84 Å². The average Bonchev–Trinajstić information content (AvgIpc) is 2.63. The van der Waals surface area contributed by atoms with Crippen molar-refractivity contribution >= 4 is 17.3 Å². The van der Waals surface area contributed by atoms with Gasteiger partial charge in [-0.3, -0.25) is 10.3 Å². The number of aromatic hydroxyl groups is 1. The summed E-state index contributed by atoms with van der Waals surface area (Å²) < 4.78 is 5.34. The Labute approximate surface area is 153 Å². The highest BCUT2D eigenvalue weighted by molar-refractivity contribution is 6.30. The van der Waals surface area contributed by atoms with Crippen LogP contribution in [0, 0.1) is 5.92 Å². The monoisotopic (exact) mass is 358 g/mol. The van der Waals surface area contributed by atoms with Gasteiger partial charge in [-0.05, 0) is 41.8 Å². The Kier molecular flexibility index (Phi) is 5.30. The molecule has 0 saturated heterocycles. The van der Waals surface area contributed by atoms with Crippen molar-refractivity contribution in [2.75, 3.05) is 7.11 Å². The number of rotatable bonds is 4. The third-order valence-corrected chi connectivity index (χ3v) is 4.70. The van der Waals surface area contributed by atoms with Gasteiger partial charge >= 0.3 is 0 Å². The van der Waals surface area contributed by atoms with Gasteiger partial charge in [0.25, 0.3) is 0 Å². The van der Waals surface area contributed by atoms with Crippen molar-refractivity contribution in [3.63, 3.8) is 0 Å². The van der Waals surface area contributed by atoms with E-state index in [4.69, 9.17) is 21.3 Å². The Morgan fingerprint density at radius 3 is 2.76 bits per heavy atom. The van der Waals surface area contributed by atoms with Gasteiger partial charge in [0.15, 0.2) is 0 Å². The number of nitrogens with one attached hydrogen (secondary N) is 1. The number of benzene rings is 2. The van der Waals surface area contributed by atoms with Gasteiger partial charge in [-0.25, -0.2) is 0 Å². The number of halogens is 1. The smallest absolute Gasteiger partial charge is 0.120 e. The highest BCUT2D eigenvalue weighted by Gasteiger charge is 2.28. The van der Waals surface area contributed by atoms with Crippen molar-refractivity contribution < 1.29 is 9.84 Å². The Bertz CT molecular complexity index is 789. The third kappa shape index (κ3) is 3.97. The second-order valence-electron chi connectivity index (χ2n) is 6.62. The summed E-state index contributed by atoms with van der Waals surface area (Å²) in [6.07, 6.45) is 0.642. The van der Waals surface area contributed by atoms with Crippen LogP contribution in [-0.2, 0) is 0 Å². The summed E-state index contributed by atoms with van der Waals surface area (Å²) in [5, 5.41) is 14.4. The molecule has 25 heavy (non-hydrogen) atoms. The molecule has 2 aromatic carbocycles. The first-order valence-electron chi connectivity index (χ1n) is 8.43. The fourth-order valence-electron chi connectivity index (χ4n) is 3.06. The van der Waals surface area contributed by atoms with Crippen LogP contribution in [0.5, 0.6) is 11.5 Å². The number of hydrogen-bond donors (Lipinski definition) is 2. The van der Waals surface area contributed by atoms with E-state index in [1.165, 1.54) is 0 Å². The average molecular weight is 359 g/mol. The number of hydrogen-bond acceptors (Lipinski definition) is 4. The number of phenolic OH excluding ortho intramolecular Hbond substituents is 1. The standard InChI is InChI=1S/C20H23ClN2O2/c1-12(2)20-22-17(13-5-4-6-15(9-13)25-3)11-18(23-20)16-10-14(21)7-8-19(16)24/h4-10,12,18,20,23-24H,11H2,1-3H3/t18-,20-/m0/s1. The number of nitrogens with zero attached hydrogens (tertiary/aromatic N) is 1. The van der Waals surface area contributed by atoms with Crippen LogP contribution in [0.1, 0.15) is 37.4 Å². The molecule has 0 fully saturated rings. The molecule has 0 radical (unpaired) electrons. The van der Waals surface area contributed by atoms with Crippen molar-refractivity contribution in [3.05, 3.63) is 58.6 Å². The Balaban J connectivity index is 1.99. The Morgan fingerprint density at radius 1 is 1.24 bits per heavy atom. The first-order chi connectivity index (χ1) is 12.0. The molecule has 0 spiro atoms. The van der Waals surface area contributed by atoms with E-state index in [1.54, 1.807) is 19.2 Å². The molecule has 0 amide bonds. The van der Waals surface area contributed by atoms with Crippen LogP contribution in [0.25, 0.3) is 0 Å². The summed E-state index contributed by atoms with van der Waals surface area (Å²) in [4.78, 5) is 4.89. The normalized spacial score (nSPS) is 20.4. The van der Waals surface area contributed by atoms with Crippen LogP contribution < -0.4 is 10.1 Å². The number of methoxy groups -OCH3 is 1. The second kappa shape index (κ2) is 7.46. The van der Waals surface area contributed by atoms with Gasteiger partial charge in [0.05, 0.1) is 7.11 Å². The molecule has 0 unspecified atom stereocenters. The molecule has 4 nitrogen and oxygen atoms in total. The van der Waals surface area contributed by atoms with Crippen LogP contribution in [-0.4, -0.2) is 24.1 Å². The molecule has 0 saturated carbocycles. The van der Waals surface area contributed by atoms with Crippen molar-refractivity contribution in [1.29, 1.82) is 0 Å². The molecule has 5 heteroatoms. The minimum atomic E-state index is -0.0511. The Hall–Kier alpha value is -2.04. The number of aliphatic imine (C=N–C) groups is 1. The van der Waals surface area contributed by atoms with Gasteiger partial charge in [-0.15, -0.1) is 0 Å². The van der Waals surface area contributed by atoms with Gasteiger partial charge in [-0.2, -0.15) is 0 Å². The van der Waals surface area contributed by atoms with E-state index in [1.807, 2.05) is 30.3 Å². The lowest BCUT2D eigenvalue weighted by Gasteiger charge is -2.32. The van der Waals surface area contributed by atoms with Gasteiger partial charge in [0.1, 0.15) is 17.7 Å². The lowest BCUT2D eigenvalue weighted by Crippen LogP contribution is -2.41. The lowest BCUT2D eigenvalue weighted by atomic mass is 9.93. The van der Waals surface area contributed by atoms with Crippen LogP contribution in [0.2, 0.25) is 5.02 Å². The van der Waals surface area contributed by atoms with E-state index in [0.717, 1.165) is 22.6 Å². The van der Waals surface area contributed by atoms with E-state index < -0.39 is 0 Å². The minimum Gasteiger partial charge on any atom is -0.508 e. The maximum atomic E-state index is 10.3. The molecular weight excluding hydrogens is 336 g/mol. The maximum Gasteiger partial charge on any atom is 0.120 e. The van der Waals surface area contributed by atoms with Crippen LogP contribution >= 0.6 is 11.6 Å². The van der Waals surface area contributed by atoms with Gasteiger partial charge in [-0.1, -0.05) is 37.6 Å². The molecule has 2 atom stereocenters. The molecular formula is C20H23ClN2O2. The third-order valence-electron chi connectivity index (χ3n) is 4.46. The molecule has 2 aromatic rings. The largest absolute Gasteiger partial charge is 0.508 e. The molecule has 1 aliphatic rings. The second-order valence-corrected chi connectivity index (χ2v) is 7.06. The molecule has 0 bridgehead atoms. The van der Waals surface area contributed by atoms with E-state index in [-0.39, 0.29) is 18.0 Å². The topological polar surface area (TPSA) is 53.8 Å². The zero-order valence-corrected chi connectivity index (χ0v) is 15.4. The fourth-order valence-corrected chi connectivity index (χ4v) is 3.24. The molecule has 1 heterocycles. The highest BCUT2D eigenvalue weighted by atomic mass is 35.5. The van der Waals surface area contributed by atoms with E-state index in [0.29, 0.717) is 17.4 Å². The summed E-state index contributed by atoms with van der Waals surface area (Å²) in [5.41, 5.74) is 2.84. The lowest BCUT2D eigenvalue weighted by molar-refractivity contribution is 0.345. The zero-order chi connectivity index (χ0) is 18.0. The van der Waals surface area contributed by atoms with Crippen LogP contribution in [0.3, 0.4) is 0 Å². The van der Waals surface area contributed by atoms with Gasteiger partial charge in [0.2, 0.25) is 0 Å². The summed E-state index contributed by atoms with van der Waals surface area (Å²) in [5.74, 6) is 1.38. The van der Waals surface area contributed by atoms with Crippen LogP contribution in [0.4, 0.5) is 0 Å². The van der Waals surface area contributed by atoms with Crippen molar-refractivity contribution in [1.82, 2.24) is 5.32 Å². The summed E-state index contributed by atoms with van der Waals surface area (Å²) in [6.45, 7) is 4.26. The predicted octanol–water partition coefficient (Wildman–Crippen LogP) is 4.56. The fraction of sp³-hybridized carbons (Fsp3) is 0.350. The number of phenols is 1. The van der Waals surface area contributed by atoms with Gasteiger partial charge in [0, 0.05) is 28.8 Å². The van der Waals surface area contributed by atoms with Crippen molar-refractivity contribution in [2.24, 2.45) is 10.9 Å². The van der Waals surface area contributed by atoms with E-state index >= 15 is 0 Å². The molecule has 132 valence electrons. The van der Waals surface area contributed by atoms with E-state index in [2.05, 4.69) is 19.2 Å². The summed E-state index contributed by atoms with van der Waals surface area (Å²) in [6, 6.07) is 13.0. The quantitative estimate of drug-likeness (QED) is 0.842. The Morgan fingerprint density at radius 2 is 2.04 bits per heavy atom. The predicted molar refractivity (Wildman–Crippen MR) is 102 cm³/mol. The SMILES string of the molecule is COc1cccc(C2=N[C@H](C(C)C)N[C@H](c3cc(Cl)ccc3O)C2)c1. The van der Waals surface area contributed by atoms with Crippen molar-refractivity contribution in [3.8, 4) is 11.5 Å². The molecule has 0 aliphatic carbocycles. The molecule has 0 aromatic heterocycles.